The Hall–Kier alpha value is -4.64. The highest BCUT2D eigenvalue weighted by molar-refractivity contribution is 7.92. The minimum Gasteiger partial charge on any atom is -0.314 e. The van der Waals surface area contributed by atoms with Crippen molar-refractivity contribution in [2.24, 2.45) is 0 Å². The largest absolute Gasteiger partial charge is 0.314 e. The van der Waals surface area contributed by atoms with Gasteiger partial charge in [0.05, 0.1) is 65.8 Å². The first kappa shape index (κ1) is 35.7. The molecule has 0 radical (unpaired) electrons. The van der Waals surface area contributed by atoms with Gasteiger partial charge in [0.1, 0.15) is 6.07 Å². The Morgan fingerprint density at radius 2 is 0.846 bits per heavy atom. The normalized spacial score (nSPS) is 16.6. The van der Waals surface area contributed by atoms with Crippen LogP contribution in [-0.2, 0) is 41.3 Å². The zero-order valence-electron chi connectivity index (χ0n) is 31.9. The number of benzene rings is 4. The van der Waals surface area contributed by atoms with Gasteiger partial charge in [-0.15, -0.1) is 0 Å². The minimum atomic E-state index is -4.24. The second kappa shape index (κ2) is 10.5. The molecule has 0 unspecified atom stereocenters. The van der Waals surface area contributed by atoms with Crippen molar-refractivity contribution in [3.05, 3.63) is 87.8 Å². The molecule has 0 bridgehead atoms. The average Bonchev–Trinajstić information content (AvgIpc) is 3.02. The van der Waals surface area contributed by atoms with Gasteiger partial charge in [-0.2, -0.15) is 5.26 Å². The SMILES string of the molecule is [C-]#[N+]c1cc(C(C)(C)C)cc2c1N1c3cc(C(C)(C)C)cc4c3N(c3cc(C(C)(C)C)cc(c31)S2(=O)=O)c1c(C#N)cc(C(C)(C)C)cc1S4(=O)=O. The molecule has 3 aliphatic rings. The number of rotatable bonds is 0. The summed E-state index contributed by atoms with van der Waals surface area (Å²) in [5.41, 5.74) is 3.09. The summed E-state index contributed by atoms with van der Waals surface area (Å²) in [5.74, 6) is 0. The predicted molar refractivity (Wildman–Crippen MR) is 206 cm³/mol. The van der Waals surface area contributed by atoms with Crippen molar-refractivity contribution in [3.8, 4) is 6.07 Å². The minimum absolute atomic E-state index is 0.0000730. The topological polar surface area (TPSA) is 103 Å². The van der Waals surface area contributed by atoms with Crippen LogP contribution in [0.5, 0.6) is 0 Å². The summed E-state index contributed by atoms with van der Waals surface area (Å²) in [6.45, 7) is 32.2. The summed E-state index contributed by atoms with van der Waals surface area (Å²) < 4.78 is 60.4. The van der Waals surface area contributed by atoms with Crippen LogP contribution in [0.15, 0.2) is 68.1 Å². The van der Waals surface area contributed by atoms with Crippen LogP contribution in [-0.4, -0.2) is 16.8 Å². The van der Waals surface area contributed by atoms with Gasteiger partial charge in [0.15, 0.2) is 0 Å². The Labute approximate surface area is 308 Å². The molecular weight excluding hydrogens is 689 g/mol. The van der Waals surface area contributed by atoms with E-state index >= 15 is 16.8 Å². The number of anilines is 6. The molecule has 0 spiro atoms. The second-order valence-corrected chi connectivity index (χ2v) is 22.1. The molecule has 3 aliphatic heterocycles. The lowest BCUT2D eigenvalue weighted by molar-refractivity contribution is 0.575. The van der Waals surface area contributed by atoms with Gasteiger partial charge in [-0.1, -0.05) is 94.7 Å². The number of sulfone groups is 2. The van der Waals surface area contributed by atoms with E-state index in [1.165, 1.54) is 0 Å². The third-order valence-corrected chi connectivity index (χ3v) is 14.0. The number of nitriles is 1. The van der Waals surface area contributed by atoms with E-state index < -0.39 is 41.3 Å². The summed E-state index contributed by atoms with van der Waals surface area (Å²) in [7, 11) is -8.47. The number of nitrogens with zero attached hydrogens (tertiary/aromatic N) is 4. The lowest BCUT2D eigenvalue weighted by atomic mass is 9.83. The van der Waals surface area contributed by atoms with E-state index in [2.05, 4.69) is 10.9 Å². The molecule has 0 fully saturated rings. The fourth-order valence-corrected chi connectivity index (χ4v) is 10.7. The highest BCUT2D eigenvalue weighted by Gasteiger charge is 2.50. The van der Waals surface area contributed by atoms with Crippen molar-refractivity contribution < 1.29 is 16.8 Å². The molecule has 10 heteroatoms. The van der Waals surface area contributed by atoms with Crippen molar-refractivity contribution in [1.82, 2.24) is 0 Å². The zero-order chi connectivity index (χ0) is 38.5. The maximum Gasteiger partial charge on any atom is 0.212 e. The van der Waals surface area contributed by atoms with Gasteiger partial charge in [-0.3, -0.25) is 0 Å². The highest BCUT2D eigenvalue weighted by Crippen LogP contribution is 2.66. The van der Waals surface area contributed by atoms with Gasteiger partial charge in [0.2, 0.25) is 25.4 Å². The fraction of sp³-hybridized carbons (Fsp3) is 0.381. The molecule has 0 atom stereocenters. The molecule has 0 amide bonds. The van der Waals surface area contributed by atoms with Gasteiger partial charge in [0.25, 0.3) is 0 Å². The molecule has 268 valence electrons. The standard InChI is InChI=1S/C42H44N4O4S2/c1-39(2,3)24-14-23(22-43)35-31(18-24)51(47,48)33-20-27(42(10,11)12)17-30-37(33)45(35)29-16-26(41(7,8)9)21-34-38(29)46(30)36-28(44-13)15-25(40(4,5)6)19-32(36)52(34,49)50/h14-21H,1-12H3. The van der Waals surface area contributed by atoms with Crippen molar-refractivity contribution in [1.29, 1.82) is 5.26 Å². The molecular formula is C42H44N4O4S2. The van der Waals surface area contributed by atoms with Crippen LogP contribution < -0.4 is 9.80 Å². The lowest BCUT2D eigenvalue weighted by Crippen LogP contribution is -2.35. The van der Waals surface area contributed by atoms with Crippen LogP contribution in [0.1, 0.15) is 111 Å². The Kier molecular flexibility index (Phi) is 7.21. The Morgan fingerprint density at radius 1 is 0.519 bits per heavy atom. The molecule has 52 heavy (non-hydrogen) atoms. The van der Waals surface area contributed by atoms with E-state index in [1.54, 1.807) is 46.2 Å². The summed E-state index contributed by atoms with van der Waals surface area (Å²) in [5, 5.41) is 10.7. The summed E-state index contributed by atoms with van der Waals surface area (Å²) >= 11 is 0. The lowest BCUT2D eigenvalue weighted by Gasteiger charge is -2.48. The van der Waals surface area contributed by atoms with E-state index in [0.29, 0.717) is 33.9 Å². The van der Waals surface area contributed by atoms with Gasteiger partial charge in [0, 0.05) is 0 Å². The first-order valence-corrected chi connectivity index (χ1v) is 20.3. The molecule has 0 aromatic heterocycles. The summed E-state index contributed by atoms with van der Waals surface area (Å²) in [4.78, 5) is 7.65. The van der Waals surface area contributed by atoms with E-state index in [0.717, 1.165) is 11.1 Å². The number of hydrogen-bond donors (Lipinski definition) is 0. The monoisotopic (exact) mass is 732 g/mol. The van der Waals surface area contributed by atoms with Crippen LogP contribution in [0, 0.1) is 17.9 Å². The van der Waals surface area contributed by atoms with Crippen molar-refractivity contribution in [2.75, 3.05) is 9.80 Å². The van der Waals surface area contributed by atoms with Crippen LogP contribution in [0.25, 0.3) is 4.85 Å². The Morgan fingerprint density at radius 3 is 1.21 bits per heavy atom. The van der Waals surface area contributed by atoms with Crippen LogP contribution >= 0.6 is 0 Å². The molecule has 0 saturated heterocycles. The van der Waals surface area contributed by atoms with Gasteiger partial charge < -0.3 is 9.80 Å². The van der Waals surface area contributed by atoms with Crippen molar-refractivity contribution in [2.45, 2.75) is 124 Å². The van der Waals surface area contributed by atoms with Crippen molar-refractivity contribution in [3.63, 3.8) is 0 Å². The molecule has 7 rings (SSSR count). The van der Waals surface area contributed by atoms with E-state index in [-0.39, 0.29) is 42.2 Å². The first-order chi connectivity index (χ1) is 23.7. The molecule has 0 saturated carbocycles. The van der Waals surface area contributed by atoms with Crippen LogP contribution in [0.2, 0.25) is 0 Å². The van der Waals surface area contributed by atoms with E-state index in [4.69, 9.17) is 6.57 Å². The fourth-order valence-electron chi connectivity index (χ4n) is 7.30. The Balaban J connectivity index is 1.77. The first-order valence-electron chi connectivity index (χ1n) is 17.4. The van der Waals surface area contributed by atoms with Crippen LogP contribution in [0.3, 0.4) is 0 Å². The predicted octanol–water partition coefficient (Wildman–Crippen LogP) is 10.8. The maximum absolute atomic E-state index is 15.1. The molecule has 0 N–H and O–H groups in total. The van der Waals surface area contributed by atoms with E-state index in [1.807, 2.05) is 95.2 Å². The molecule has 3 heterocycles. The molecule has 4 aromatic carbocycles. The average molecular weight is 733 g/mol. The van der Waals surface area contributed by atoms with Gasteiger partial charge in [-0.05, 0) is 80.8 Å². The maximum atomic E-state index is 15.1. The van der Waals surface area contributed by atoms with Gasteiger partial charge >= 0.3 is 0 Å². The van der Waals surface area contributed by atoms with Gasteiger partial charge in [-0.25, -0.2) is 21.7 Å². The summed E-state index contributed by atoms with van der Waals surface area (Å²) in [6.07, 6.45) is 0. The third kappa shape index (κ3) is 4.87. The van der Waals surface area contributed by atoms with Crippen molar-refractivity contribution >= 4 is 59.5 Å². The Bertz CT molecular complexity index is 2430. The molecule has 4 aromatic rings. The molecule has 0 aliphatic carbocycles. The smallest absolute Gasteiger partial charge is 0.212 e. The molecule has 8 nitrogen and oxygen atoms in total. The zero-order valence-corrected chi connectivity index (χ0v) is 33.5. The summed E-state index contributed by atoms with van der Waals surface area (Å²) in [6, 6.07) is 16.4. The highest BCUT2D eigenvalue weighted by atomic mass is 32.2. The quantitative estimate of drug-likeness (QED) is 0.143. The number of hydrogen-bond acceptors (Lipinski definition) is 7. The third-order valence-electron chi connectivity index (χ3n) is 10.5. The second-order valence-electron chi connectivity index (χ2n) is 18.3. The van der Waals surface area contributed by atoms with Crippen LogP contribution in [0.4, 0.5) is 39.8 Å². The number of fused-ring (bicyclic) bond motifs is 6. The van der Waals surface area contributed by atoms with E-state index in [9.17, 15) is 5.26 Å².